The Hall–Kier alpha value is 0.1000. The number of hydrogen-bond donors (Lipinski definition) is 1. The van der Waals surface area contributed by atoms with Crippen LogP contribution in [-0.4, -0.2) is 31.6 Å². The van der Waals surface area contributed by atoms with Crippen molar-refractivity contribution < 1.29 is 0 Å². The van der Waals surface area contributed by atoms with Gasteiger partial charge in [0.2, 0.25) is 0 Å². The lowest BCUT2D eigenvalue weighted by atomic mass is 9.88. The molecule has 0 aliphatic carbocycles. The number of aryl methyl sites for hydroxylation is 1. The van der Waals surface area contributed by atoms with Gasteiger partial charge in [0.1, 0.15) is 0 Å². The van der Waals surface area contributed by atoms with Crippen LogP contribution < -0.4 is 5.32 Å². The van der Waals surface area contributed by atoms with Crippen molar-refractivity contribution in [1.29, 1.82) is 0 Å². The highest BCUT2D eigenvalue weighted by molar-refractivity contribution is 9.10. The fourth-order valence-corrected chi connectivity index (χ4v) is 4.84. The Balaban J connectivity index is 2.11. The monoisotopic (exact) mass is 344 g/mol. The molecule has 2 nitrogen and oxygen atoms in total. The Morgan fingerprint density at radius 3 is 2.95 bits per heavy atom. The molecule has 2 rings (SSSR count). The van der Waals surface area contributed by atoms with Crippen LogP contribution in [0.4, 0.5) is 0 Å². The van der Waals surface area contributed by atoms with Crippen molar-refractivity contribution in [2.75, 3.05) is 26.7 Å². The molecule has 1 N–H and O–H groups in total. The highest BCUT2D eigenvalue weighted by Gasteiger charge is 2.31. The lowest BCUT2D eigenvalue weighted by Crippen LogP contribution is -2.40. The molecule has 2 unspecified atom stereocenters. The van der Waals surface area contributed by atoms with Crippen molar-refractivity contribution in [2.24, 2.45) is 5.92 Å². The molecule has 1 fully saturated rings. The van der Waals surface area contributed by atoms with Gasteiger partial charge in [0.25, 0.3) is 0 Å². The van der Waals surface area contributed by atoms with Crippen LogP contribution in [0.1, 0.15) is 42.0 Å². The van der Waals surface area contributed by atoms with E-state index in [9.17, 15) is 0 Å². The number of nitrogens with zero attached hydrogens (tertiary/aromatic N) is 1. The summed E-state index contributed by atoms with van der Waals surface area (Å²) in [6, 6.07) is 2.92. The van der Waals surface area contributed by atoms with Gasteiger partial charge in [0.15, 0.2) is 0 Å². The van der Waals surface area contributed by atoms with Crippen molar-refractivity contribution in [3.63, 3.8) is 0 Å². The summed E-state index contributed by atoms with van der Waals surface area (Å²) in [6.45, 7) is 7.95. The van der Waals surface area contributed by atoms with Gasteiger partial charge in [0, 0.05) is 20.3 Å². The fourth-order valence-electron chi connectivity index (χ4n) is 3.01. The summed E-state index contributed by atoms with van der Waals surface area (Å²) in [5, 5.41) is 3.61. The average molecular weight is 345 g/mol. The van der Waals surface area contributed by atoms with Crippen LogP contribution in [0.15, 0.2) is 10.5 Å². The zero-order valence-electron chi connectivity index (χ0n) is 12.2. The van der Waals surface area contributed by atoms with Gasteiger partial charge in [-0.3, -0.25) is 4.90 Å². The molecule has 0 saturated carbocycles. The smallest absolute Gasteiger partial charge is 0.0479 e. The van der Waals surface area contributed by atoms with Gasteiger partial charge in [-0.25, -0.2) is 0 Å². The lowest BCUT2D eigenvalue weighted by Gasteiger charge is -2.39. The largest absolute Gasteiger partial charge is 0.316 e. The maximum absolute atomic E-state index is 3.66. The average Bonchev–Trinajstić information content (AvgIpc) is 2.69. The number of hydrogen-bond acceptors (Lipinski definition) is 3. The molecule has 2 heterocycles. The van der Waals surface area contributed by atoms with Crippen LogP contribution in [0.25, 0.3) is 0 Å². The molecule has 1 aliphatic heterocycles. The van der Waals surface area contributed by atoms with Gasteiger partial charge in [-0.1, -0.05) is 6.92 Å². The summed E-state index contributed by atoms with van der Waals surface area (Å²) >= 11 is 5.61. The molecule has 0 spiro atoms. The number of nitrogens with one attached hydrogen (secondary N) is 1. The quantitative estimate of drug-likeness (QED) is 0.805. The van der Waals surface area contributed by atoms with E-state index in [-0.39, 0.29) is 0 Å². The Morgan fingerprint density at radius 1 is 1.53 bits per heavy atom. The minimum Gasteiger partial charge on any atom is -0.316 e. The molecule has 0 bridgehead atoms. The first-order valence-electron chi connectivity index (χ1n) is 7.30. The number of likely N-dealkylation sites (tertiary alicyclic amines) is 1. The fraction of sp³-hybridized carbons (Fsp3) is 0.733. The van der Waals surface area contributed by atoms with Crippen LogP contribution >= 0.6 is 27.3 Å². The van der Waals surface area contributed by atoms with Gasteiger partial charge in [-0.2, -0.15) is 0 Å². The van der Waals surface area contributed by atoms with Crippen molar-refractivity contribution in [2.45, 2.75) is 39.2 Å². The standard InChI is InChI=1S/C15H25BrN2S/c1-4-7-17-10-12-6-5-8-18(3)15(12)14-9-13(16)11(2)19-14/h9,12,15,17H,4-8,10H2,1-3H3. The number of piperidine rings is 1. The molecule has 1 aromatic rings. The number of rotatable bonds is 5. The van der Waals surface area contributed by atoms with Crippen molar-refractivity contribution in [3.8, 4) is 0 Å². The van der Waals surface area contributed by atoms with Gasteiger partial charge in [0.05, 0.1) is 0 Å². The van der Waals surface area contributed by atoms with E-state index in [2.05, 4.69) is 53.1 Å². The van der Waals surface area contributed by atoms with E-state index in [0.29, 0.717) is 6.04 Å². The van der Waals surface area contributed by atoms with Gasteiger partial charge in [-0.05, 0) is 80.8 Å². The molecule has 0 amide bonds. The Morgan fingerprint density at radius 2 is 2.32 bits per heavy atom. The SMILES string of the molecule is CCCNCC1CCCN(C)C1c1cc(Br)c(C)s1. The lowest BCUT2D eigenvalue weighted by molar-refractivity contribution is 0.122. The minimum absolute atomic E-state index is 0.591. The van der Waals surface area contributed by atoms with Gasteiger partial charge in [-0.15, -0.1) is 11.3 Å². The van der Waals surface area contributed by atoms with Crippen LogP contribution in [0.5, 0.6) is 0 Å². The summed E-state index contributed by atoms with van der Waals surface area (Å²) in [6.07, 6.45) is 3.90. The third kappa shape index (κ3) is 3.81. The van der Waals surface area contributed by atoms with Crippen molar-refractivity contribution in [1.82, 2.24) is 10.2 Å². The summed E-state index contributed by atoms with van der Waals surface area (Å²) in [5.74, 6) is 0.746. The highest BCUT2D eigenvalue weighted by atomic mass is 79.9. The van der Waals surface area contributed by atoms with Crippen molar-refractivity contribution in [3.05, 3.63) is 20.3 Å². The van der Waals surface area contributed by atoms with E-state index in [1.165, 1.54) is 40.0 Å². The molecule has 2 atom stereocenters. The zero-order chi connectivity index (χ0) is 13.8. The summed E-state index contributed by atoms with van der Waals surface area (Å²) in [4.78, 5) is 5.46. The molecular formula is C15H25BrN2S. The highest BCUT2D eigenvalue weighted by Crippen LogP contribution is 2.40. The second-order valence-electron chi connectivity index (χ2n) is 5.58. The predicted molar refractivity (Wildman–Crippen MR) is 88.0 cm³/mol. The molecule has 0 radical (unpaired) electrons. The van der Waals surface area contributed by atoms with Gasteiger partial charge < -0.3 is 5.32 Å². The molecule has 1 aromatic heterocycles. The number of thiophene rings is 1. The van der Waals surface area contributed by atoms with Gasteiger partial charge >= 0.3 is 0 Å². The van der Waals surface area contributed by atoms with E-state index in [4.69, 9.17) is 0 Å². The first kappa shape index (κ1) is 15.5. The molecule has 0 aromatic carbocycles. The topological polar surface area (TPSA) is 15.3 Å². The second-order valence-corrected chi connectivity index (χ2v) is 7.73. The first-order valence-corrected chi connectivity index (χ1v) is 8.91. The third-order valence-electron chi connectivity index (χ3n) is 4.01. The van der Waals surface area contributed by atoms with E-state index in [1.807, 2.05) is 11.3 Å². The summed E-state index contributed by atoms with van der Waals surface area (Å²) in [7, 11) is 2.28. The normalized spacial score (nSPS) is 24.8. The first-order chi connectivity index (χ1) is 9.13. The third-order valence-corrected chi connectivity index (χ3v) is 6.22. The van der Waals surface area contributed by atoms with Crippen molar-refractivity contribution >= 4 is 27.3 Å². The summed E-state index contributed by atoms with van der Waals surface area (Å²) in [5.41, 5.74) is 0. The van der Waals surface area contributed by atoms with E-state index in [1.54, 1.807) is 0 Å². The van der Waals surface area contributed by atoms with E-state index < -0.39 is 0 Å². The molecule has 1 aliphatic rings. The molecule has 108 valence electrons. The van der Waals surface area contributed by atoms with E-state index >= 15 is 0 Å². The number of halogens is 1. The van der Waals surface area contributed by atoms with Crippen LogP contribution in [0.3, 0.4) is 0 Å². The summed E-state index contributed by atoms with van der Waals surface area (Å²) < 4.78 is 1.27. The predicted octanol–water partition coefficient (Wildman–Crippen LogP) is 4.20. The van der Waals surface area contributed by atoms with Crippen LogP contribution in [-0.2, 0) is 0 Å². The van der Waals surface area contributed by atoms with Crippen LogP contribution in [0, 0.1) is 12.8 Å². The Labute approximate surface area is 129 Å². The molecule has 4 heteroatoms. The molecule has 19 heavy (non-hydrogen) atoms. The maximum atomic E-state index is 3.66. The maximum Gasteiger partial charge on any atom is 0.0479 e. The Kier molecular flexibility index (Phi) is 5.87. The zero-order valence-corrected chi connectivity index (χ0v) is 14.6. The molecule has 1 saturated heterocycles. The molecular weight excluding hydrogens is 320 g/mol. The Bertz CT molecular complexity index is 385. The van der Waals surface area contributed by atoms with Crippen LogP contribution in [0.2, 0.25) is 0 Å². The minimum atomic E-state index is 0.591. The second kappa shape index (κ2) is 7.21. The van der Waals surface area contributed by atoms with E-state index in [0.717, 1.165) is 19.0 Å².